The van der Waals surface area contributed by atoms with Gasteiger partial charge < -0.3 is 26.6 Å². The third-order valence-electron chi connectivity index (χ3n) is 4.44. The van der Waals surface area contributed by atoms with Gasteiger partial charge in [0.15, 0.2) is 0 Å². The van der Waals surface area contributed by atoms with Crippen molar-refractivity contribution < 1.29 is 24.2 Å². The summed E-state index contributed by atoms with van der Waals surface area (Å²) in [6.07, 6.45) is -0.0786. The fourth-order valence-corrected chi connectivity index (χ4v) is 3.26. The van der Waals surface area contributed by atoms with E-state index in [0.717, 1.165) is 6.07 Å². The van der Waals surface area contributed by atoms with Gasteiger partial charge in [-0.15, -0.1) is 0 Å². The van der Waals surface area contributed by atoms with Crippen LogP contribution in [0.25, 0.3) is 0 Å². The van der Waals surface area contributed by atoms with E-state index in [-0.39, 0.29) is 50.0 Å². The number of benzene rings is 2. The molecule has 1 atom stereocenters. The number of amides is 2. The molecule has 162 valence electrons. The number of hydrogen-bond donors (Lipinski definition) is 5. The minimum atomic E-state index is -1.81. The molecule has 6 N–H and O–H groups in total. The predicted molar refractivity (Wildman–Crippen MR) is 111 cm³/mol. The fourth-order valence-electron chi connectivity index (χ4n) is 3.01. The zero-order valence-corrected chi connectivity index (χ0v) is 17.1. The molecule has 0 aliphatic rings. The van der Waals surface area contributed by atoms with Gasteiger partial charge in [0, 0.05) is 30.1 Å². The van der Waals surface area contributed by atoms with Crippen LogP contribution in [0, 0.1) is 5.82 Å². The highest BCUT2D eigenvalue weighted by molar-refractivity contribution is 6.30. The number of aliphatic hydroxyl groups excluding tert-OH is 1. The summed E-state index contributed by atoms with van der Waals surface area (Å²) in [4.78, 5) is 24.8. The van der Waals surface area contributed by atoms with Crippen LogP contribution in [0.2, 0.25) is 5.02 Å². The van der Waals surface area contributed by atoms with Crippen molar-refractivity contribution in [3.05, 3.63) is 70.0 Å². The molecule has 0 fully saturated rings. The number of aliphatic hydroxyl groups is 2. The van der Waals surface area contributed by atoms with Crippen molar-refractivity contribution in [1.82, 2.24) is 10.6 Å². The van der Waals surface area contributed by atoms with Gasteiger partial charge in [0.05, 0.1) is 6.61 Å². The molecule has 0 saturated heterocycles. The molecule has 0 radical (unpaired) electrons. The lowest BCUT2D eigenvalue weighted by Gasteiger charge is -2.27. The van der Waals surface area contributed by atoms with Gasteiger partial charge in [-0.2, -0.15) is 0 Å². The van der Waals surface area contributed by atoms with E-state index in [9.17, 15) is 19.1 Å². The average molecular weight is 438 g/mol. The molecule has 0 spiro atoms. The fraction of sp³-hybridized carbons (Fsp3) is 0.333. The van der Waals surface area contributed by atoms with Crippen molar-refractivity contribution in [3.63, 3.8) is 0 Å². The van der Waals surface area contributed by atoms with Gasteiger partial charge in [-0.1, -0.05) is 23.7 Å². The molecule has 0 aromatic heterocycles. The summed E-state index contributed by atoms with van der Waals surface area (Å²) in [6.45, 7) is -0.0236. The number of nitrogens with two attached hydrogens (primary N) is 1. The van der Waals surface area contributed by atoms with E-state index < -0.39 is 17.3 Å². The highest BCUT2D eigenvalue weighted by atomic mass is 35.5. The van der Waals surface area contributed by atoms with Crippen LogP contribution in [0.4, 0.5) is 4.39 Å². The van der Waals surface area contributed by atoms with E-state index in [2.05, 4.69) is 10.6 Å². The highest BCUT2D eigenvalue weighted by Gasteiger charge is 2.35. The quantitative estimate of drug-likeness (QED) is 0.381. The first kappa shape index (κ1) is 23.8. The third kappa shape index (κ3) is 6.77. The summed E-state index contributed by atoms with van der Waals surface area (Å²) < 4.78 is 13.5. The van der Waals surface area contributed by atoms with Crippen LogP contribution in [0.1, 0.15) is 27.9 Å². The smallest absolute Gasteiger partial charge is 0.252 e. The van der Waals surface area contributed by atoms with Crippen LogP contribution in [0.15, 0.2) is 42.5 Å². The number of hydrogen-bond acceptors (Lipinski definition) is 5. The van der Waals surface area contributed by atoms with Crippen LogP contribution in [-0.4, -0.2) is 47.3 Å². The number of rotatable bonds is 10. The average Bonchev–Trinajstić information content (AvgIpc) is 2.69. The Morgan fingerprint density at radius 3 is 2.57 bits per heavy atom. The Morgan fingerprint density at radius 1 is 1.13 bits per heavy atom. The summed E-state index contributed by atoms with van der Waals surface area (Å²) in [7, 11) is 0. The van der Waals surface area contributed by atoms with Crippen LogP contribution < -0.4 is 16.4 Å². The second kappa shape index (κ2) is 11.0. The molecule has 2 rings (SSSR count). The van der Waals surface area contributed by atoms with Crippen LogP contribution in [-0.2, 0) is 17.8 Å². The minimum absolute atomic E-state index is 0.0102. The van der Waals surface area contributed by atoms with Crippen molar-refractivity contribution >= 4 is 23.4 Å². The maximum absolute atomic E-state index is 13.5. The lowest BCUT2D eigenvalue weighted by molar-refractivity contribution is -0.140. The first-order valence-corrected chi connectivity index (χ1v) is 9.79. The summed E-state index contributed by atoms with van der Waals surface area (Å²) >= 11 is 5.82. The van der Waals surface area contributed by atoms with Gasteiger partial charge in [0.25, 0.3) is 11.8 Å². The van der Waals surface area contributed by atoms with Crippen molar-refractivity contribution in [2.75, 3.05) is 19.7 Å². The zero-order valence-electron chi connectivity index (χ0n) is 16.3. The lowest BCUT2D eigenvalue weighted by atomic mass is 9.89. The van der Waals surface area contributed by atoms with Crippen molar-refractivity contribution in [2.45, 2.75) is 25.0 Å². The third-order valence-corrected chi connectivity index (χ3v) is 4.66. The highest BCUT2D eigenvalue weighted by Crippen LogP contribution is 2.20. The van der Waals surface area contributed by atoms with Gasteiger partial charge in [-0.25, -0.2) is 4.39 Å². The number of carbonyl (C=O) groups excluding carboxylic acids is 2. The summed E-state index contributed by atoms with van der Waals surface area (Å²) in [6, 6.07) is 10.4. The Labute approximate surface area is 179 Å². The zero-order chi connectivity index (χ0) is 22.1. The molecule has 0 heterocycles. The first-order valence-electron chi connectivity index (χ1n) is 9.41. The largest absolute Gasteiger partial charge is 0.395 e. The Morgan fingerprint density at radius 2 is 1.90 bits per heavy atom. The van der Waals surface area contributed by atoms with E-state index in [1.165, 1.54) is 12.1 Å². The molecular weight excluding hydrogens is 413 g/mol. The summed E-state index contributed by atoms with van der Waals surface area (Å²) in [5.41, 5.74) is 5.13. The molecule has 0 bridgehead atoms. The molecule has 9 heteroatoms. The monoisotopic (exact) mass is 437 g/mol. The second-order valence-corrected chi connectivity index (χ2v) is 7.32. The van der Waals surface area contributed by atoms with Crippen molar-refractivity contribution in [2.24, 2.45) is 5.73 Å². The summed E-state index contributed by atoms with van der Waals surface area (Å²) in [5, 5.41) is 25.1. The van der Waals surface area contributed by atoms with E-state index in [0.29, 0.717) is 16.7 Å². The molecule has 0 aliphatic heterocycles. The van der Waals surface area contributed by atoms with Gasteiger partial charge in [-0.3, -0.25) is 9.59 Å². The van der Waals surface area contributed by atoms with Gasteiger partial charge in [0.2, 0.25) is 0 Å². The normalized spacial score (nSPS) is 12.8. The Kier molecular flexibility index (Phi) is 8.73. The first-order chi connectivity index (χ1) is 14.3. The predicted octanol–water partition coefficient (Wildman–Crippen LogP) is 1.14. The number of nitrogens with one attached hydrogen (secondary N) is 2. The maximum atomic E-state index is 13.5. The van der Waals surface area contributed by atoms with Gasteiger partial charge >= 0.3 is 0 Å². The lowest BCUT2D eigenvalue weighted by Crippen LogP contribution is -2.49. The van der Waals surface area contributed by atoms with E-state index in [1.807, 2.05) is 0 Å². The Balaban J connectivity index is 2.12. The molecular formula is C21H25ClFN3O4. The van der Waals surface area contributed by atoms with Crippen LogP contribution in [0.3, 0.4) is 0 Å². The molecule has 0 saturated carbocycles. The van der Waals surface area contributed by atoms with Crippen LogP contribution in [0.5, 0.6) is 0 Å². The van der Waals surface area contributed by atoms with Crippen molar-refractivity contribution in [3.8, 4) is 0 Å². The number of carbonyl (C=O) groups is 2. The van der Waals surface area contributed by atoms with Gasteiger partial charge in [0.1, 0.15) is 11.4 Å². The number of halogens is 2. The molecule has 30 heavy (non-hydrogen) atoms. The molecule has 0 unspecified atom stereocenters. The molecule has 2 aromatic rings. The molecule has 2 amide bonds. The summed E-state index contributed by atoms with van der Waals surface area (Å²) in [5.74, 6) is -1.57. The molecule has 0 aliphatic carbocycles. The Bertz CT molecular complexity index is 876. The molecule has 2 aromatic carbocycles. The topological polar surface area (TPSA) is 125 Å². The SMILES string of the molecule is NCC[C@@](O)(Cc1cccc(C(=O)NCCO)c1)C(=O)NCc1cc(F)cc(Cl)c1. The molecule has 7 nitrogen and oxygen atoms in total. The van der Waals surface area contributed by atoms with E-state index in [1.54, 1.807) is 24.3 Å². The van der Waals surface area contributed by atoms with E-state index >= 15 is 0 Å². The van der Waals surface area contributed by atoms with Crippen molar-refractivity contribution in [1.29, 1.82) is 0 Å². The minimum Gasteiger partial charge on any atom is -0.395 e. The maximum Gasteiger partial charge on any atom is 0.252 e. The second-order valence-electron chi connectivity index (χ2n) is 6.89. The standard InChI is InChI=1S/C21H25ClFN3O4/c22-17-9-15(10-18(23)11-17)13-26-20(29)21(30,4-5-24)12-14-2-1-3-16(8-14)19(28)25-6-7-27/h1-3,8-11,27,30H,4-7,12-13,24H2,(H,25,28)(H,26,29)/t21-/m1/s1. The van der Waals surface area contributed by atoms with E-state index in [4.69, 9.17) is 22.4 Å². The Hall–Kier alpha value is -2.52. The van der Waals surface area contributed by atoms with Gasteiger partial charge in [-0.05, 0) is 54.4 Å². The van der Waals surface area contributed by atoms with Crippen LogP contribution >= 0.6 is 11.6 Å².